The van der Waals surface area contributed by atoms with E-state index in [0.29, 0.717) is 17.9 Å². The summed E-state index contributed by atoms with van der Waals surface area (Å²) in [5.41, 5.74) is 3.16. The summed E-state index contributed by atoms with van der Waals surface area (Å²) in [7, 11) is 1.61. The number of benzene rings is 2. The molecule has 0 unspecified atom stereocenters. The van der Waals surface area contributed by atoms with Crippen molar-refractivity contribution in [2.75, 3.05) is 20.3 Å². The first-order valence-corrected chi connectivity index (χ1v) is 7.91. The van der Waals surface area contributed by atoms with Crippen LogP contribution in [0.2, 0.25) is 0 Å². The number of nitrogens with zero attached hydrogens (tertiary/aromatic N) is 1. The molecule has 6 heteroatoms. The smallest absolute Gasteiger partial charge is 0.338 e. The Kier molecular flexibility index (Phi) is 4.73. The largest absolute Gasteiger partial charge is 0.497 e. The van der Waals surface area contributed by atoms with E-state index in [-0.39, 0.29) is 12.6 Å². The SMILES string of the molecule is COc1ccc(OCCOC(=O)c2ccc3ncsc3c2)cc1. The van der Waals surface area contributed by atoms with Crippen LogP contribution in [0.4, 0.5) is 0 Å². The van der Waals surface area contributed by atoms with Crippen molar-refractivity contribution in [1.82, 2.24) is 4.98 Å². The maximum Gasteiger partial charge on any atom is 0.338 e. The minimum atomic E-state index is -0.362. The Hall–Kier alpha value is -2.60. The third kappa shape index (κ3) is 3.78. The van der Waals surface area contributed by atoms with Crippen molar-refractivity contribution in [3.8, 4) is 11.5 Å². The van der Waals surface area contributed by atoms with Crippen molar-refractivity contribution in [1.29, 1.82) is 0 Å². The second kappa shape index (κ2) is 7.11. The number of thiazole rings is 1. The van der Waals surface area contributed by atoms with Gasteiger partial charge in [-0.15, -0.1) is 11.3 Å². The number of fused-ring (bicyclic) bond motifs is 1. The highest BCUT2D eigenvalue weighted by Crippen LogP contribution is 2.20. The molecule has 0 saturated carbocycles. The summed E-state index contributed by atoms with van der Waals surface area (Å²) in [5, 5.41) is 0. The Morgan fingerprint density at radius 2 is 1.87 bits per heavy atom. The molecule has 0 aliphatic rings. The second-order valence-electron chi connectivity index (χ2n) is 4.69. The average Bonchev–Trinajstić information content (AvgIpc) is 3.06. The molecule has 0 spiro atoms. The predicted octanol–water partition coefficient (Wildman–Crippen LogP) is 3.54. The summed E-state index contributed by atoms with van der Waals surface area (Å²) >= 11 is 1.49. The van der Waals surface area contributed by atoms with Crippen LogP contribution in [0, 0.1) is 0 Å². The Labute approximate surface area is 137 Å². The molecule has 2 aromatic carbocycles. The lowest BCUT2D eigenvalue weighted by atomic mass is 10.2. The molecule has 0 bridgehead atoms. The Balaban J connectivity index is 1.48. The zero-order chi connectivity index (χ0) is 16.1. The molecule has 1 heterocycles. The number of carbonyl (C=O) groups excluding carboxylic acids is 1. The number of ether oxygens (including phenoxy) is 3. The molecule has 0 aliphatic carbocycles. The molecule has 0 N–H and O–H groups in total. The van der Waals surface area contributed by atoms with E-state index in [1.165, 1.54) is 11.3 Å². The first-order valence-electron chi connectivity index (χ1n) is 7.03. The first-order chi connectivity index (χ1) is 11.3. The summed E-state index contributed by atoms with van der Waals surface area (Å²) in [4.78, 5) is 16.2. The van der Waals surface area contributed by atoms with E-state index in [0.717, 1.165) is 16.0 Å². The lowest BCUT2D eigenvalue weighted by molar-refractivity contribution is 0.0450. The van der Waals surface area contributed by atoms with Crippen molar-refractivity contribution in [2.45, 2.75) is 0 Å². The molecule has 3 aromatic rings. The van der Waals surface area contributed by atoms with Gasteiger partial charge in [0.2, 0.25) is 0 Å². The molecule has 0 saturated heterocycles. The fourth-order valence-corrected chi connectivity index (χ4v) is 2.75. The van der Waals surface area contributed by atoms with Crippen molar-refractivity contribution < 1.29 is 19.0 Å². The van der Waals surface area contributed by atoms with Gasteiger partial charge in [-0.2, -0.15) is 0 Å². The monoisotopic (exact) mass is 329 g/mol. The molecular weight excluding hydrogens is 314 g/mol. The van der Waals surface area contributed by atoms with Crippen LogP contribution in [0.3, 0.4) is 0 Å². The van der Waals surface area contributed by atoms with Gasteiger partial charge >= 0.3 is 5.97 Å². The van der Waals surface area contributed by atoms with Gasteiger partial charge in [0.25, 0.3) is 0 Å². The van der Waals surface area contributed by atoms with Crippen LogP contribution < -0.4 is 9.47 Å². The van der Waals surface area contributed by atoms with E-state index in [2.05, 4.69) is 4.98 Å². The molecule has 0 amide bonds. The zero-order valence-corrected chi connectivity index (χ0v) is 13.3. The van der Waals surface area contributed by atoms with E-state index < -0.39 is 0 Å². The van der Waals surface area contributed by atoms with E-state index >= 15 is 0 Å². The van der Waals surface area contributed by atoms with Gasteiger partial charge in [-0.1, -0.05) is 0 Å². The average molecular weight is 329 g/mol. The minimum absolute atomic E-state index is 0.186. The predicted molar refractivity (Wildman–Crippen MR) is 88.4 cm³/mol. The lowest BCUT2D eigenvalue weighted by Crippen LogP contribution is -2.12. The molecule has 23 heavy (non-hydrogen) atoms. The van der Waals surface area contributed by atoms with Gasteiger partial charge in [0, 0.05) is 0 Å². The minimum Gasteiger partial charge on any atom is -0.497 e. The maximum atomic E-state index is 12.0. The van der Waals surface area contributed by atoms with Crippen molar-refractivity contribution in [2.24, 2.45) is 0 Å². The summed E-state index contributed by atoms with van der Waals surface area (Å²) in [5.74, 6) is 1.11. The molecule has 1 aromatic heterocycles. The fourth-order valence-electron chi connectivity index (χ4n) is 2.03. The quantitative estimate of drug-likeness (QED) is 0.511. The molecule has 0 aliphatic heterocycles. The molecule has 3 rings (SSSR count). The number of methoxy groups -OCH3 is 1. The lowest BCUT2D eigenvalue weighted by Gasteiger charge is -2.08. The first kappa shape index (κ1) is 15.3. The van der Waals surface area contributed by atoms with E-state index in [1.54, 1.807) is 36.9 Å². The molecule has 0 fully saturated rings. The number of aromatic nitrogens is 1. The van der Waals surface area contributed by atoms with E-state index in [9.17, 15) is 4.79 Å². The number of hydrogen-bond donors (Lipinski definition) is 0. The topological polar surface area (TPSA) is 57.7 Å². The summed E-state index contributed by atoms with van der Waals surface area (Å²) in [6.45, 7) is 0.479. The van der Waals surface area contributed by atoms with E-state index in [4.69, 9.17) is 14.2 Å². The highest BCUT2D eigenvalue weighted by Gasteiger charge is 2.09. The van der Waals surface area contributed by atoms with Gasteiger partial charge in [0.15, 0.2) is 0 Å². The molecular formula is C17H15NO4S. The second-order valence-corrected chi connectivity index (χ2v) is 5.58. The van der Waals surface area contributed by atoms with Gasteiger partial charge < -0.3 is 14.2 Å². The van der Waals surface area contributed by atoms with Crippen LogP contribution in [0.15, 0.2) is 48.0 Å². The van der Waals surface area contributed by atoms with Crippen molar-refractivity contribution in [3.63, 3.8) is 0 Å². The van der Waals surface area contributed by atoms with Crippen LogP contribution in [0.25, 0.3) is 10.2 Å². The number of carbonyl (C=O) groups is 1. The number of esters is 1. The van der Waals surface area contributed by atoms with Gasteiger partial charge in [-0.25, -0.2) is 9.78 Å². The Bertz CT molecular complexity index is 798. The summed E-state index contributed by atoms with van der Waals surface area (Å²) in [6.07, 6.45) is 0. The van der Waals surface area contributed by atoms with Crippen LogP contribution in [0.1, 0.15) is 10.4 Å². The van der Waals surface area contributed by atoms with E-state index in [1.807, 2.05) is 18.2 Å². The molecule has 0 atom stereocenters. The maximum absolute atomic E-state index is 12.0. The van der Waals surface area contributed by atoms with Crippen LogP contribution in [-0.4, -0.2) is 31.3 Å². The van der Waals surface area contributed by atoms with Gasteiger partial charge in [0.05, 0.1) is 28.4 Å². The normalized spacial score (nSPS) is 10.5. The highest BCUT2D eigenvalue weighted by molar-refractivity contribution is 7.16. The summed E-state index contributed by atoms with van der Waals surface area (Å²) in [6, 6.07) is 12.6. The molecule has 118 valence electrons. The Morgan fingerprint density at radius 1 is 1.09 bits per heavy atom. The molecule has 5 nitrogen and oxygen atoms in total. The molecule has 0 radical (unpaired) electrons. The summed E-state index contributed by atoms with van der Waals surface area (Å²) < 4.78 is 16.8. The highest BCUT2D eigenvalue weighted by atomic mass is 32.1. The van der Waals surface area contributed by atoms with Gasteiger partial charge in [0.1, 0.15) is 24.7 Å². The zero-order valence-electron chi connectivity index (χ0n) is 12.5. The third-order valence-electron chi connectivity index (χ3n) is 3.21. The van der Waals surface area contributed by atoms with Gasteiger partial charge in [-0.05, 0) is 42.5 Å². The van der Waals surface area contributed by atoms with Gasteiger partial charge in [-0.3, -0.25) is 0 Å². The number of hydrogen-bond acceptors (Lipinski definition) is 6. The number of rotatable bonds is 6. The van der Waals surface area contributed by atoms with Crippen LogP contribution >= 0.6 is 11.3 Å². The standard InChI is InChI=1S/C17H15NO4S/c1-20-13-3-5-14(6-4-13)21-8-9-22-17(19)12-2-7-15-16(10-12)23-11-18-15/h2-7,10-11H,8-9H2,1H3. The third-order valence-corrected chi connectivity index (χ3v) is 4.00. The van der Waals surface area contributed by atoms with Crippen molar-refractivity contribution in [3.05, 3.63) is 53.5 Å². The van der Waals surface area contributed by atoms with Crippen molar-refractivity contribution >= 4 is 27.5 Å². The van der Waals surface area contributed by atoms with Crippen LogP contribution in [0.5, 0.6) is 11.5 Å². The fraction of sp³-hybridized carbons (Fsp3) is 0.176. The van der Waals surface area contributed by atoms with Crippen LogP contribution in [-0.2, 0) is 4.74 Å². The Morgan fingerprint density at radius 3 is 2.65 bits per heavy atom.